The summed E-state index contributed by atoms with van der Waals surface area (Å²) in [5, 5.41) is 18.0. The average Bonchev–Trinajstić information content (AvgIpc) is 3.09. The molecule has 0 bridgehead atoms. The van der Waals surface area contributed by atoms with E-state index >= 15 is 0 Å². The molecule has 110 valence electrons. The van der Waals surface area contributed by atoms with Crippen LogP contribution in [0.15, 0.2) is 18.2 Å². The summed E-state index contributed by atoms with van der Waals surface area (Å²) in [6, 6.07) is 5.85. The molecule has 0 unspecified atom stereocenters. The summed E-state index contributed by atoms with van der Waals surface area (Å²) in [5.41, 5.74) is 3.03. The fourth-order valence-electron chi connectivity index (χ4n) is 2.64. The van der Waals surface area contributed by atoms with Crippen molar-refractivity contribution in [3.05, 3.63) is 35.0 Å². The van der Waals surface area contributed by atoms with Crippen molar-refractivity contribution in [3.63, 3.8) is 0 Å². The number of benzene rings is 1. The quantitative estimate of drug-likeness (QED) is 0.936. The lowest BCUT2D eigenvalue weighted by atomic mass is 10.1. The molecule has 3 rings (SSSR count). The Kier molecular flexibility index (Phi) is 3.37. The number of rotatable bonds is 3. The first kappa shape index (κ1) is 13.6. The Morgan fingerprint density at radius 3 is 2.57 bits per heavy atom. The Morgan fingerprint density at radius 2 is 1.90 bits per heavy atom. The van der Waals surface area contributed by atoms with Gasteiger partial charge in [-0.2, -0.15) is 0 Å². The lowest BCUT2D eigenvalue weighted by Gasteiger charge is -2.13. The molecule has 6 nitrogen and oxygen atoms in total. The Balaban J connectivity index is 2.09. The van der Waals surface area contributed by atoms with Crippen molar-refractivity contribution in [1.29, 1.82) is 0 Å². The maximum atomic E-state index is 11.4. The first-order valence-electron chi connectivity index (χ1n) is 7.10. The molecule has 1 saturated heterocycles. The number of carboxylic acids is 1. The van der Waals surface area contributed by atoms with Crippen LogP contribution in [-0.2, 0) is 0 Å². The molecule has 1 aromatic heterocycles. The van der Waals surface area contributed by atoms with Crippen molar-refractivity contribution in [2.45, 2.75) is 26.7 Å². The summed E-state index contributed by atoms with van der Waals surface area (Å²) in [6.45, 7) is 5.68. The van der Waals surface area contributed by atoms with E-state index in [0.717, 1.165) is 42.7 Å². The van der Waals surface area contributed by atoms with E-state index in [9.17, 15) is 9.90 Å². The van der Waals surface area contributed by atoms with Crippen LogP contribution in [0.2, 0.25) is 0 Å². The summed E-state index contributed by atoms with van der Waals surface area (Å²) in [7, 11) is 0. The fourth-order valence-corrected chi connectivity index (χ4v) is 2.64. The minimum Gasteiger partial charge on any atom is -0.476 e. The molecule has 0 saturated carbocycles. The summed E-state index contributed by atoms with van der Waals surface area (Å²) in [5.74, 6) is -0.561. The summed E-state index contributed by atoms with van der Waals surface area (Å²) in [4.78, 5) is 14.9. The Bertz CT molecular complexity index is 687. The van der Waals surface area contributed by atoms with Gasteiger partial charge in [0.15, 0.2) is 5.82 Å². The summed E-state index contributed by atoms with van der Waals surface area (Å²) in [6.07, 6.45) is 2.13. The van der Waals surface area contributed by atoms with E-state index < -0.39 is 5.97 Å². The second-order valence-corrected chi connectivity index (χ2v) is 5.38. The van der Waals surface area contributed by atoms with Crippen LogP contribution in [0.3, 0.4) is 0 Å². The molecule has 0 aliphatic carbocycles. The van der Waals surface area contributed by atoms with Crippen LogP contribution in [0.5, 0.6) is 0 Å². The number of carbonyl (C=O) groups is 1. The van der Waals surface area contributed by atoms with E-state index in [1.54, 1.807) is 0 Å². The highest BCUT2D eigenvalue weighted by atomic mass is 16.4. The Hall–Kier alpha value is -2.37. The minimum atomic E-state index is -1.03. The van der Waals surface area contributed by atoms with Crippen LogP contribution in [-0.4, -0.2) is 39.2 Å². The zero-order chi connectivity index (χ0) is 15.0. The van der Waals surface area contributed by atoms with Gasteiger partial charge >= 0.3 is 5.97 Å². The number of nitrogens with zero attached hydrogens (tertiary/aromatic N) is 4. The van der Waals surface area contributed by atoms with Crippen molar-refractivity contribution in [2.24, 2.45) is 0 Å². The van der Waals surface area contributed by atoms with Crippen LogP contribution in [0.1, 0.15) is 34.5 Å². The SMILES string of the molecule is Cc1cccc(-n2nc(C(=O)O)c(N3CCCC3)n2)c1C. The van der Waals surface area contributed by atoms with E-state index in [0.29, 0.717) is 5.82 Å². The second-order valence-electron chi connectivity index (χ2n) is 5.38. The maximum Gasteiger partial charge on any atom is 0.360 e. The van der Waals surface area contributed by atoms with Crippen molar-refractivity contribution in [1.82, 2.24) is 15.0 Å². The Labute approximate surface area is 123 Å². The van der Waals surface area contributed by atoms with Crippen LogP contribution < -0.4 is 4.90 Å². The first-order valence-corrected chi connectivity index (χ1v) is 7.10. The number of aryl methyl sites for hydroxylation is 1. The van der Waals surface area contributed by atoms with Crippen molar-refractivity contribution >= 4 is 11.8 Å². The van der Waals surface area contributed by atoms with Gasteiger partial charge < -0.3 is 10.0 Å². The molecule has 6 heteroatoms. The van der Waals surface area contributed by atoms with Gasteiger partial charge in [0.1, 0.15) is 0 Å². The van der Waals surface area contributed by atoms with Gasteiger partial charge in [-0.3, -0.25) is 0 Å². The molecule has 1 aliphatic heterocycles. The lowest BCUT2D eigenvalue weighted by molar-refractivity contribution is 0.0690. The van der Waals surface area contributed by atoms with Gasteiger partial charge in [-0.05, 0) is 43.9 Å². The molecule has 0 radical (unpaired) electrons. The summed E-state index contributed by atoms with van der Waals surface area (Å²) >= 11 is 0. The molecule has 2 aromatic rings. The van der Waals surface area contributed by atoms with Crippen LogP contribution in [0, 0.1) is 13.8 Å². The highest BCUT2D eigenvalue weighted by molar-refractivity contribution is 5.91. The molecule has 1 aliphatic rings. The van der Waals surface area contributed by atoms with Crippen LogP contribution in [0.4, 0.5) is 5.82 Å². The van der Waals surface area contributed by atoms with Gasteiger partial charge in [0.05, 0.1) is 5.69 Å². The zero-order valence-corrected chi connectivity index (χ0v) is 12.2. The molecule has 2 heterocycles. The third kappa shape index (κ3) is 2.37. The van der Waals surface area contributed by atoms with Gasteiger partial charge in [-0.15, -0.1) is 15.0 Å². The van der Waals surface area contributed by atoms with Crippen molar-refractivity contribution in [3.8, 4) is 5.69 Å². The van der Waals surface area contributed by atoms with E-state index in [1.165, 1.54) is 4.80 Å². The number of anilines is 1. The number of aromatic carboxylic acids is 1. The molecule has 0 spiro atoms. The van der Waals surface area contributed by atoms with E-state index in [1.807, 2.05) is 36.9 Å². The summed E-state index contributed by atoms with van der Waals surface area (Å²) < 4.78 is 0. The van der Waals surface area contributed by atoms with E-state index in [2.05, 4.69) is 10.2 Å². The molecule has 1 fully saturated rings. The largest absolute Gasteiger partial charge is 0.476 e. The zero-order valence-electron chi connectivity index (χ0n) is 12.2. The topological polar surface area (TPSA) is 71.2 Å². The van der Waals surface area contributed by atoms with Crippen molar-refractivity contribution in [2.75, 3.05) is 18.0 Å². The van der Waals surface area contributed by atoms with Crippen LogP contribution >= 0.6 is 0 Å². The predicted molar refractivity (Wildman–Crippen MR) is 79.2 cm³/mol. The van der Waals surface area contributed by atoms with Gasteiger partial charge in [0.25, 0.3) is 0 Å². The second kappa shape index (κ2) is 5.20. The van der Waals surface area contributed by atoms with Gasteiger partial charge in [-0.1, -0.05) is 12.1 Å². The van der Waals surface area contributed by atoms with Gasteiger partial charge in [0.2, 0.25) is 5.69 Å². The number of carboxylic acid groups (broad SMARTS) is 1. The molecule has 0 atom stereocenters. The third-order valence-corrected chi connectivity index (χ3v) is 4.00. The smallest absolute Gasteiger partial charge is 0.360 e. The van der Waals surface area contributed by atoms with Gasteiger partial charge in [-0.25, -0.2) is 4.79 Å². The molecule has 0 amide bonds. The highest BCUT2D eigenvalue weighted by Crippen LogP contribution is 2.24. The fraction of sp³-hybridized carbons (Fsp3) is 0.400. The Morgan fingerprint density at radius 1 is 1.19 bits per heavy atom. The van der Waals surface area contributed by atoms with Gasteiger partial charge in [0, 0.05) is 13.1 Å². The monoisotopic (exact) mass is 286 g/mol. The normalized spacial score (nSPS) is 14.7. The number of hydrogen-bond acceptors (Lipinski definition) is 4. The number of aromatic nitrogens is 3. The lowest BCUT2D eigenvalue weighted by Crippen LogP contribution is -2.20. The van der Waals surface area contributed by atoms with E-state index in [4.69, 9.17) is 0 Å². The van der Waals surface area contributed by atoms with Crippen LogP contribution in [0.25, 0.3) is 5.69 Å². The minimum absolute atomic E-state index is 0.0257. The van der Waals surface area contributed by atoms with E-state index in [-0.39, 0.29) is 5.69 Å². The molecule has 1 N–H and O–H groups in total. The maximum absolute atomic E-state index is 11.4. The third-order valence-electron chi connectivity index (χ3n) is 4.00. The predicted octanol–water partition coefficient (Wildman–Crippen LogP) is 2.18. The molecule has 21 heavy (non-hydrogen) atoms. The average molecular weight is 286 g/mol. The van der Waals surface area contributed by atoms with Crippen molar-refractivity contribution < 1.29 is 9.90 Å². The first-order chi connectivity index (χ1) is 10.1. The molecular formula is C15H18N4O2. The number of hydrogen-bond donors (Lipinski definition) is 1. The highest BCUT2D eigenvalue weighted by Gasteiger charge is 2.25. The molecule has 1 aromatic carbocycles. The molecular weight excluding hydrogens is 268 g/mol. The standard InChI is InChI=1S/C15H18N4O2/c1-10-6-5-7-12(11(10)2)19-16-13(15(20)21)14(17-19)18-8-3-4-9-18/h5-7H,3-4,8-9H2,1-2H3,(H,20,21).